The van der Waals surface area contributed by atoms with Crippen LogP contribution < -0.4 is 5.73 Å². The van der Waals surface area contributed by atoms with E-state index in [0.717, 1.165) is 24.8 Å². The second-order valence-corrected chi connectivity index (χ2v) is 4.27. The van der Waals surface area contributed by atoms with E-state index < -0.39 is 0 Å². The molecule has 1 aromatic carbocycles. The van der Waals surface area contributed by atoms with Crippen LogP contribution in [0.25, 0.3) is 0 Å². The molecule has 0 aliphatic carbocycles. The maximum absolute atomic E-state index is 6.03. The Balaban J connectivity index is 2.75. The predicted octanol–water partition coefficient (Wildman–Crippen LogP) is 3.66. The molecule has 0 aromatic heterocycles. The molecule has 0 aliphatic rings. The molecule has 0 radical (unpaired) electrons. The molecule has 0 heterocycles. The average molecular weight is 232 g/mol. The van der Waals surface area contributed by atoms with E-state index in [2.05, 4.69) is 6.92 Å². The lowest BCUT2D eigenvalue weighted by Crippen LogP contribution is -2.22. The van der Waals surface area contributed by atoms with Crippen molar-refractivity contribution in [2.75, 3.05) is 0 Å². The molecule has 0 aliphatic heterocycles. The minimum atomic E-state index is 0.150. The molecular formula is C11H15Cl2N. The number of rotatable bonds is 4. The van der Waals surface area contributed by atoms with Crippen molar-refractivity contribution in [2.45, 2.75) is 32.2 Å². The lowest BCUT2D eigenvalue weighted by Gasteiger charge is -2.12. The van der Waals surface area contributed by atoms with Crippen molar-refractivity contribution < 1.29 is 0 Å². The van der Waals surface area contributed by atoms with E-state index >= 15 is 0 Å². The van der Waals surface area contributed by atoms with Gasteiger partial charge in [0.2, 0.25) is 0 Å². The zero-order valence-corrected chi connectivity index (χ0v) is 9.78. The molecule has 0 amide bonds. The highest BCUT2D eigenvalue weighted by Gasteiger charge is 2.09. The van der Waals surface area contributed by atoms with Crippen LogP contribution >= 0.6 is 23.2 Å². The van der Waals surface area contributed by atoms with Crippen LogP contribution in [-0.2, 0) is 6.42 Å². The van der Waals surface area contributed by atoms with Gasteiger partial charge < -0.3 is 5.73 Å². The molecule has 78 valence electrons. The summed E-state index contributed by atoms with van der Waals surface area (Å²) >= 11 is 12.1. The van der Waals surface area contributed by atoms with E-state index in [1.165, 1.54) is 0 Å². The first-order chi connectivity index (χ1) is 6.65. The number of hydrogen-bond acceptors (Lipinski definition) is 1. The SMILES string of the molecule is CCC[C@H](N)Cc1c(Cl)cccc1Cl. The molecule has 0 bridgehead atoms. The van der Waals surface area contributed by atoms with Crippen molar-refractivity contribution in [3.63, 3.8) is 0 Å². The highest BCUT2D eigenvalue weighted by molar-refractivity contribution is 6.35. The molecule has 3 heteroatoms. The normalized spacial score (nSPS) is 12.9. The van der Waals surface area contributed by atoms with Gasteiger partial charge in [-0.15, -0.1) is 0 Å². The summed E-state index contributed by atoms with van der Waals surface area (Å²) in [6.07, 6.45) is 2.84. The third-order valence-electron chi connectivity index (χ3n) is 2.19. The summed E-state index contributed by atoms with van der Waals surface area (Å²) < 4.78 is 0. The van der Waals surface area contributed by atoms with Gasteiger partial charge in [-0.25, -0.2) is 0 Å². The van der Waals surface area contributed by atoms with Crippen molar-refractivity contribution in [3.05, 3.63) is 33.8 Å². The van der Waals surface area contributed by atoms with Gasteiger partial charge in [-0.2, -0.15) is 0 Å². The van der Waals surface area contributed by atoms with Crippen LogP contribution in [0.3, 0.4) is 0 Å². The van der Waals surface area contributed by atoms with E-state index in [0.29, 0.717) is 10.0 Å². The Labute approximate surface area is 95.2 Å². The topological polar surface area (TPSA) is 26.0 Å². The van der Waals surface area contributed by atoms with E-state index in [1.54, 1.807) is 0 Å². The van der Waals surface area contributed by atoms with Crippen LogP contribution in [0.15, 0.2) is 18.2 Å². The minimum absolute atomic E-state index is 0.150. The summed E-state index contributed by atoms with van der Waals surface area (Å²) in [6.45, 7) is 2.12. The quantitative estimate of drug-likeness (QED) is 0.842. The third-order valence-corrected chi connectivity index (χ3v) is 2.90. The summed E-state index contributed by atoms with van der Waals surface area (Å²) in [5.74, 6) is 0. The summed E-state index contributed by atoms with van der Waals surface area (Å²) in [4.78, 5) is 0. The Kier molecular flexibility index (Phi) is 4.73. The molecule has 0 fully saturated rings. The summed E-state index contributed by atoms with van der Waals surface area (Å²) in [6, 6.07) is 5.69. The van der Waals surface area contributed by atoms with Crippen molar-refractivity contribution in [3.8, 4) is 0 Å². The molecule has 1 atom stereocenters. The fraction of sp³-hybridized carbons (Fsp3) is 0.455. The zero-order chi connectivity index (χ0) is 10.6. The van der Waals surface area contributed by atoms with Crippen molar-refractivity contribution in [1.29, 1.82) is 0 Å². The van der Waals surface area contributed by atoms with Gasteiger partial charge in [0.25, 0.3) is 0 Å². The van der Waals surface area contributed by atoms with Gasteiger partial charge in [-0.3, -0.25) is 0 Å². The molecule has 14 heavy (non-hydrogen) atoms. The third kappa shape index (κ3) is 3.16. The van der Waals surface area contributed by atoms with Gasteiger partial charge in [0.15, 0.2) is 0 Å². The van der Waals surface area contributed by atoms with Gasteiger partial charge in [-0.05, 0) is 30.5 Å². The van der Waals surface area contributed by atoms with Crippen LogP contribution in [0.2, 0.25) is 10.0 Å². The Morgan fingerprint density at radius 1 is 1.29 bits per heavy atom. The highest BCUT2D eigenvalue weighted by Crippen LogP contribution is 2.25. The fourth-order valence-electron chi connectivity index (χ4n) is 1.46. The second-order valence-electron chi connectivity index (χ2n) is 3.45. The van der Waals surface area contributed by atoms with E-state index in [4.69, 9.17) is 28.9 Å². The number of nitrogens with two attached hydrogens (primary N) is 1. The van der Waals surface area contributed by atoms with Gasteiger partial charge >= 0.3 is 0 Å². The van der Waals surface area contributed by atoms with Crippen molar-refractivity contribution >= 4 is 23.2 Å². The Bertz CT molecular complexity index is 279. The van der Waals surface area contributed by atoms with Gasteiger partial charge in [0.1, 0.15) is 0 Å². The lowest BCUT2D eigenvalue weighted by atomic mass is 10.0. The predicted molar refractivity (Wildman–Crippen MR) is 63.0 cm³/mol. The number of hydrogen-bond donors (Lipinski definition) is 1. The molecule has 1 rings (SSSR count). The fourth-order valence-corrected chi connectivity index (χ4v) is 2.01. The first-order valence-corrected chi connectivity index (χ1v) is 5.59. The molecule has 2 N–H and O–H groups in total. The Hall–Kier alpha value is -0.240. The van der Waals surface area contributed by atoms with Crippen LogP contribution in [0.4, 0.5) is 0 Å². The molecule has 0 spiro atoms. The first kappa shape index (κ1) is 11.8. The largest absolute Gasteiger partial charge is 0.327 e. The summed E-state index contributed by atoms with van der Waals surface area (Å²) in [5.41, 5.74) is 6.91. The van der Waals surface area contributed by atoms with E-state index in [1.807, 2.05) is 18.2 Å². The summed E-state index contributed by atoms with van der Waals surface area (Å²) in [7, 11) is 0. The minimum Gasteiger partial charge on any atom is -0.327 e. The van der Waals surface area contributed by atoms with Gasteiger partial charge in [-0.1, -0.05) is 42.6 Å². The molecular weight excluding hydrogens is 217 g/mol. The maximum atomic E-state index is 6.03. The summed E-state index contributed by atoms with van der Waals surface area (Å²) in [5, 5.41) is 1.42. The smallest absolute Gasteiger partial charge is 0.0453 e. The second kappa shape index (κ2) is 5.59. The van der Waals surface area contributed by atoms with E-state index in [-0.39, 0.29) is 6.04 Å². The number of halogens is 2. The molecule has 0 saturated heterocycles. The standard InChI is InChI=1S/C11H15Cl2N/c1-2-4-8(14)7-9-10(12)5-3-6-11(9)13/h3,5-6,8H,2,4,7,14H2,1H3/t8-/m0/s1. The monoisotopic (exact) mass is 231 g/mol. The first-order valence-electron chi connectivity index (χ1n) is 4.83. The molecule has 0 unspecified atom stereocenters. The van der Waals surface area contributed by atoms with Crippen LogP contribution in [0.1, 0.15) is 25.3 Å². The number of benzene rings is 1. The maximum Gasteiger partial charge on any atom is 0.0453 e. The molecule has 1 nitrogen and oxygen atoms in total. The highest BCUT2D eigenvalue weighted by atomic mass is 35.5. The van der Waals surface area contributed by atoms with Crippen LogP contribution in [0.5, 0.6) is 0 Å². The average Bonchev–Trinajstić information content (AvgIpc) is 2.12. The van der Waals surface area contributed by atoms with Gasteiger partial charge in [0, 0.05) is 16.1 Å². The lowest BCUT2D eigenvalue weighted by molar-refractivity contribution is 0.600. The van der Waals surface area contributed by atoms with Gasteiger partial charge in [0.05, 0.1) is 0 Å². The van der Waals surface area contributed by atoms with Crippen LogP contribution in [-0.4, -0.2) is 6.04 Å². The zero-order valence-electron chi connectivity index (χ0n) is 8.26. The van der Waals surface area contributed by atoms with Crippen LogP contribution in [0, 0.1) is 0 Å². The molecule has 1 aromatic rings. The Morgan fingerprint density at radius 2 is 1.86 bits per heavy atom. The Morgan fingerprint density at radius 3 is 2.36 bits per heavy atom. The van der Waals surface area contributed by atoms with E-state index in [9.17, 15) is 0 Å². The molecule has 0 saturated carbocycles. The van der Waals surface area contributed by atoms with Crippen molar-refractivity contribution in [1.82, 2.24) is 0 Å². The van der Waals surface area contributed by atoms with Crippen molar-refractivity contribution in [2.24, 2.45) is 5.73 Å².